The van der Waals surface area contributed by atoms with Gasteiger partial charge in [-0.25, -0.2) is 0 Å². The lowest BCUT2D eigenvalue weighted by Gasteiger charge is -2.30. The standard InChI is InChI=1S/C20H25NO3S2.C7H8O3S/c1-13-6-10-25-18(13)17(19-14(2)7-11-26-19)16(22)5-9-21-8-3-4-15(12-21)20(23)24;1-6-2-4-7(5-3-6)11(8,9)10/h6-7,10-11,15,17H,3-5,8-9,12H2,1-2H3,(H,23,24);2-5H,1H3,(H,8,9,10)/t15-;/m1./s1. The van der Waals surface area contributed by atoms with E-state index in [9.17, 15) is 23.1 Å². The largest absolute Gasteiger partial charge is 0.481 e. The zero-order valence-corrected chi connectivity index (χ0v) is 23.7. The number of carboxylic acid groups (broad SMARTS) is 1. The molecule has 2 aromatic heterocycles. The molecule has 7 nitrogen and oxygen atoms in total. The highest BCUT2D eigenvalue weighted by atomic mass is 32.2. The molecular weight excluding hydrogens is 530 g/mol. The fourth-order valence-corrected chi connectivity index (χ4v) is 7.03. The van der Waals surface area contributed by atoms with Crippen molar-refractivity contribution in [1.29, 1.82) is 0 Å². The van der Waals surface area contributed by atoms with Crippen molar-refractivity contribution in [3.05, 3.63) is 73.6 Å². The average Bonchev–Trinajstić information content (AvgIpc) is 3.46. The van der Waals surface area contributed by atoms with Crippen LogP contribution in [-0.2, 0) is 19.7 Å². The van der Waals surface area contributed by atoms with Gasteiger partial charge in [-0.05, 0) is 86.3 Å². The van der Waals surface area contributed by atoms with Crippen LogP contribution in [-0.4, -0.2) is 54.4 Å². The molecule has 0 amide bonds. The van der Waals surface area contributed by atoms with Gasteiger partial charge < -0.3 is 10.0 Å². The number of carbonyl (C=O) groups excluding carboxylic acids is 1. The fraction of sp³-hybridized carbons (Fsp3) is 0.407. The van der Waals surface area contributed by atoms with Crippen LogP contribution in [0.3, 0.4) is 0 Å². The zero-order valence-electron chi connectivity index (χ0n) is 21.2. The molecule has 1 aliphatic heterocycles. The van der Waals surface area contributed by atoms with Gasteiger partial charge >= 0.3 is 5.97 Å². The van der Waals surface area contributed by atoms with Crippen molar-refractivity contribution in [3.63, 3.8) is 0 Å². The molecular formula is C27H33NO6S3. The SMILES string of the molecule is Cc1ccc(S(=O)(=O)O)cc1.Cc1ccsc1C(C(=O)CCN1CCC[C@@H](C(=O)O)C1)c1sccc1C. The predicted octanol–water partition coefficient (Wildman–Crippen LogP) is 5.56. The highest BCUT2D eigenvalue weighted by molar-refractivity contribution is 7.85. The van der Waals surface area contributed by atoms with Crippen molar-refractivity contribution in [2.45, 2.75) is 50.8 Å². The van der Waals surface area contributed by atoms with Crippen LogP contribution < -0.4 is 0 Å². The fourth-order valence-electron chi connectivity index (χ4n) is 4.35. The zero-order chi connectivity index (χ0) is 27.2. The summed E-state index contributed by atoms with van der Waals surface area (Å²) in [6.07, 6.45) is 2.10. The number of aliphatic carboxylic acids is 1. The predicted molar refractivity (Wildman–Crippen MR) is 147 cm³/mol. The Balaban J connectivity index is 0.000000289. The summed E-state index contributed by atoms with van der Waals surface area (Å²) in [7, 11) is -4.02. The first kappa shape index (κ1) is 29.2. The monoisotopic (exact) mass is 563 g/mol. The molecule has 0 bridgehead atoms. The summed E-state index contributed by atoms with van der Waals surface area (Å²) in [6.45, 7) is 8.07. The van der Waals surface area contributed by atoms with E-state index in [0.717, 1.165) is 34.7 Å². The number of benzene rings is 1. The molecule has 3 aromatic rings. The quantitative estimate of drug-likeness (QED) is 0.345. The second-order valence-electron chi connectivity index (χ2n) is 9.35. The van der Waals surface area contributed by atoms with Crippen molar-refractivity contribution in [1.82, 2.24) is 4.90 Å². The summed E-state index contributed by atoms with van der Waals surface area (Å²) in [6, 6.07) is 10.1. The first-order valence-corrected chi connectivity index (χ1v) is 15.3. The van der Waals surface area contributed by atoms with E-state index in [0.29, 0.717) is 19.5 Å². The summed E-state index contributed by atoms with van der Waals surface area (Å²) < 4.78 is 29.6. The Kier molecular flexibility index (Phi) is 10.2. The number of hydrogen-bond acceptors (Lipinski definition) is 7. The first-order valence-electron chi connectivity index (χ1n) is 12.1. The molecule has 1 saturated heterocycles. The number of carbonyl (C=O) groups is 2. The molecule has 37 heavy (non-hydrogen) atoms. The molecule has 1 aromatic carbocycles. The minimum Gasteiger partial charge on any atom is -0.481 e. The van der Waals surface area contributed by atoms with Crippen LogP contribution in [0.15, 0.2) is 52.1 Å². The number of carboxylic acids is 1. The highest BCUT2D eigenvalue weighted by Gasteiger charge is 2.30. The normalized spacial score (nSPS) is 16.3. The Morgan fingerprint density at radius 1 is 1.00 bits per heavy atom. The van der Waals surface area contributed by atoms with E-state index in [1.807, 2.05) is 6.92 Å². The van der Waals surface area contributed by atoms with E-state index >= 15 is 0 Å². The van der Waals surface area contributed by atoms with Crippen LogP contribution in [0.25, 0.3) is 0 Å². The molecule has 4 rings (SSSR count). The van der Waals surface area contributed by atoms with Gasteiger partial charge in [0.15, 0.2) is 0 Å². The Labute approximate surface area is 226 Å². The van der Waals surface area contributed by atoms with Gasteiger partial charge in [0.25, 0.3) is 10.1 Å². The topological polar surface area (TPSA) is 112 Å². The minimum absolute atomic E-state index is 0.0666. The third kappa shape index (κ3) is 8.05. The minimum atomic E-state index is -4.02. The van der Waals surface area contributed by atoms with Crippen LogP contribution in [0, 0.1) is 26.7 Å². The van der Waals surface area contributed by atoms with Crippen LogP contribution in [0.1, 0.15) is 51.6 Å². The molecule has 1 fully saturated rings. The van der Waals surface area contributed by atoms with Gasteiger partial charge in [-0.3, -0.25) is 14.1 Å². The lowest BCUT2D eigenvalue weighted by Crippen LogP contribution is -2.39. The Morgan fingerprint density at radius 2 is 1.57 bits per heavy atom. The number of thiophene rings is 2. The van der Waals surface area contributed by atoms with Gasteiger partial charge in [0.1, 0.15) is 5.78 Å². The number of nitrogens with zero attached hydrogens (tertiary/aromatic N) is 1. The lowest BCUT2D eigenvalue weighted by molar-refractivity contribution is -0.143. The average molecular weight is 564 g/mol. The summed E-state index contributed by atoms with van der Waals surface area (Å²) >= 11 is 3.31. The lowest BCUT2D eigenvalue weighted by atomic mass is 9.93. The van der Waals surface area contributed by atoms with Crippen molar-refractivity contribution in [3.8, 4) is 0 Å². The number of hydrogen-bond donors (Lipinski definition) is 2. The number of piperidine rings is 1. The Hall–Kier alpha value is -2.37. The van der Waals surface area contributed by atoms with Crippen molar-refractivity contribution in [2.75, 3.05) is 19.6 Å². The van der Waals surface area contributed by atoms with E-state index in [4.69, 9.17) is 4.55 Å². The van der Waals surface area contributed by atoms with E-state index in [1.54, 1.807) is 34.8 Å². The molecule has 0 spiro atoms. The molecule has 0 saturated carbocycles. The van der Waals surface area contributed by atoms with Crippen LogP contribution >= 0.6 is 22.7 Å². The van der Waals surface area contributed by atoms with E-state index in [1.165, 1.54) is 23.3 Å². The molecule has 0 radical (unpaired) electrons. The molecule has 0 aliphatic carbocycles. The van der Waals surface area contributed by atoms with Crippen molar-refractivity contribution in [2.24, 2.45) is 5.92 Å². The maximum atomic E-state index is 13.2. The summed E-state index contributed by atoms with van der Waals surface area (Å²) in [5, 5.41) is 13.3. The molecule has 2 N–H and O–H groups in total. The Morgan fingerprint density at radius 3 is 2.03 bits per heavy atom. The summed E-state index contributed by atoms with van der Waals surface area (Å²) in [4.78, 5) is 28.8. The van der Waals surface area contributed by atoms with Gasteiger partial charge in [0, 0.05) is 29.3 Å². The molecule has 0 unspecified atom stereocenters. The maximum absolute atomic E-state index is 13.2. The Bertz CT molecular complexity index is 1270. The number of likely N-dealkylation sites (tertiary alicyclic amines) is 1. The molecule has 200 valence electrons. The van der Waals surface area contributed by atoms with E-state index < -0.39 is 16.1 Å². The van der Waals surface area contributed by atoms with Crippen LogP contribution in [0.2, 0.25) is 0 Å². The summed E-state index contributed by atoms with van der Waals surface area (Å²) in [5.41, 5.74) is 3.30. The van der Waals surface area contributed by atoms with Crippen LogP contribution in [0.4, 0.5) is 0 Å². The second kappa shape index (κ2) is 12.9. The molecule has 1 atom stereocenters. The first-order chi connectivity index (χ1) is 17.5. The molecule has 10 heteroatoms. The van der Waals surface area contributed by atoms with Crippen molar-refractivity contribution < 1.29 is 27.7 Å². The maximum Gasteiger partial charge on any atom is 0.307 e. The van der Waals surface area contributed by atoms with Gasteiger partial charge in [-0.15, -0.1) is 22.7 Å². The van der Waals surface area contributed by atoms with Gasteiger partial charge in [0.05, 0.1) is 16.7 Å². The number of ketones is 1. The second-order valence-corrected chi connectivity index (χ2v) is 12.7. The van der Waals surface area contributed by atoms with Gasteiger partial charge in [-0.1, -0.05) is 17.7 Å². The third-order valence-electron chi connectivity index (χ3n) is 6.50. The highest BCUT2D eigenvalue weighted by Crippen LogP contribution is 2.37. The molecule has 3 heterocycles. The third-order valence-corrected chi connectivity index (χ3v) is 9.53. The summed E-state index contributed by atoms with van der Waals surface area (Å²) in [5.74, 6) is -0.968. The smallest absolute Gasteiger partial charge is 0.307 e. The van der Waals surface area contributed by atoms with Gasteiger partial charge in [-0.2, -0.15) is 8.42 Å². The van der Waals surface area contributed by atoms with E-state index in [-0.39, 0.29) is 22.5 Å². The van der Waals surface area contributed by atoms with E-state index in [2.05, 4.69) is 41.6 Å². The molecule has 1 aliphatic rings. The number of aryl methyl sites for hydroxylation is 3. The van der Waals surface area contributed by atoms with Crippen molar-refractivity contribution >= 4 is 44.5 Å². The number of rotatable bonds is 8. The van der Waals surface area contributed by atoms with Crippen LogP contribution in [0.5, 0.6) is 0 Å². The van der Waals surface area contributed by atoms with Gasteiger partial charge in [0.2, 0.25) is 0 Å². The number of Topliss-reactive ketones (excluding diaryl/α,β-unsaturated/α-hetero) is 1.